The topological polar surface area (TPSA) is 58.1 Å². The van der Waals surface area contributed by atoms with E-state index in [9.17, 15) is 4.79 Å². The molecule has 0 aliphatic carbocycles. The number of amides is 1. The lowest BCUT2D eigenvalue weighted by atomic mass is 9.93. The van der Waals surface area contributed by atoms with E-state index >= 15 is 0 Å². The monoisotopic (exact) mass is 296 g/mol. The van der Waals surface area contributed by atoms with Crippen molar-refractivity contribution < 1.29 is 4.79 Å². The van der Waals surface area contributed by atoms with Crippen LogP contribution in [-0.2, 0) is 11.2 Å². The van der Waals surface area contributed by atoms with Crippen molar-refractivity contribution in [3.63, 3.8) is 0 Å². The Kier molecular flexibility index (Phi) is 5.34. The highest BCUT2D eigenvalue weighted by molar-refractivity contribution is 7.09. The minimum Gasteiger partial charge on any atom is -0.359 e. The number of carbonyl (C=O) groups excluding carboxylic acids is 1. The third-order valence-electron chi connectivity index (χ3n) is 3.69. The quantitative estimate of drug-likeness (QED) is 0.904. The molecule has 5 nitrogen and oxygen atoms in total. The molecule has 112 valence electrons. The molecule has 6 heteroatoms. The predicted molar refractivity (Wildman–Crippen MR) is 82.1 cm³/mol. The Morgan fingerprint density at radius 2 is 2.15 bits per heavy atom. The Morgan fingerprint density at radius 1 is 1.45 bits per heavy atom. The maximum absolute atomic E-state index is 11.4. The van der Waals surface area contributed by atoms with Crippen molar-refractivity contribution in [1.29, 1.82) is 0 Å². The molecule has 1 fully saturated rings. The van der Waals surface area contributed by atoms with E-state index in [1.165, 1.54) is 11.5 Å². The first-order valence-corrected chi connectivity index (χ1v) is 8.14. The summed E-state index contributed by atoms with van der Waals surface area (Å²) in [6.07, 6.45) is 3.72. The number of hydrogen-bond acceptors (Lipinski definition) is 5. The molecule has 1 N–H and O–H groups in total. The smallest absolute Gasteiger partial charge is 0.220 e. The van der Waals surface area contributed by atoms with Crippen LogP contribution in [0.3, 0.4) is 0 Å². The number of hydrogen-bond donors (Lipinski definition) is 1. The van der Waals surface area contributed by atoms with E-state index in [0.717, 1.165) is 43.3 Å². The molecular formula is C14H24N4OS. The molecule has 1 aliphatic heterocycles. The summed E-state index contributed by atoms with van der Waals surface area (Å²) in [6, 6.07) is 0. The van der Waals surface area contributed by atoms with Crippen LogP contribution in [0.25, 0.3) is 0 Å². The predicted octanol–water partition coefficient (Wildman–Crippen LogP) is 2.09. The minimum atomic E-state index is 0.151. The summed E-state index contributed by atoms with van der Waals surface area (Å²) < 4.78 is 4.44. The van der Waals surface area contributed by atoms with Crippen molar-refractivity contribution in [2.24, 2.45) is 11.8 Å². The summed E-state index contributed by atoms with van der Waals surface area (Å²) in [5.41, 5.74) is 0. The van der Waals surface area contributed by atoms with Gasteiger partial charge in [-0.05, 0) is 24.7 Å². The van der Waals surface area contributed by atoms with Crippen LogP contribution >= 0.6 is 11.5 Å². The molecule has 2 rings (SSSR count). The van der Waals surface area contributed by atoms with Crippen LogP contribution in [0.4, 0.5) is 5.13 Å². The number of nitrogens with zero attached hydrogens (tertiary/aromatic N) is 3. The maximum atomic E-state index is 11.4. The molecule has 1 amide bonds. The zero-order chi connectivity index (χ0) is 14.5. The molecule has 1 saturated heterocycles. The van der Waals surface area contributed by atoms with E-state index in [4.69, 9.17) is 0 Å². The molecule has 1 aromatic rings. The second-order valence-electron chi connectivity index (χ2n) is 5.90. The van der Waals surface area contributed by atoms with Gasteiger partial charge in [-0.1, -0.05) is 13.8 Å². The average Bonchev–Trinajstić information content (AvgIpc) is 2.87. The van der Waals surface area contributed by atoms with E-state index in [2.05, 4.69) is 33.4 Å². The number of nitrogens with one attached hydrogen (secondary N) is 1. The lowest BCUT2D eigenvalue weighted by Gasteiger charge is -2.31. The van der Waals surface area contributed by atoms with Gasteiger partial charge in [-0.15, -0.1) is 0 Å². The van der Waals surface area contributed by atoms with Crippen molar-refractivity contribution in [1.82, 2.24) is 14.7 Å². The van der Waals surface area contributed by atoms with Gasteiger partial charge in [0.15, 0.2) is 0 Å². The Bertz CT molecular complexity index is 438. The largest absolute Gasteiger partial charge is 0.359 e. The van der Waals surface area contributed by atoms with Crippen LogP contribution in [-0.4, -0.2) is 35.4 Å². The maximum Gasteiger partial charge on any atom is 0.220 e. The first-order valence-electron chi connectivity index (χ1n) is 7.36. The third-order valence-corrected chi connectivity index (χ3v) is 4.50. The van der Waals surface area contributed by atoms with Gasteiger partial charge >= 0.3 is 0 Å². The van der Waals surface area contributed by atoms with E-state index < -0.39 is 0 Å². The van der Waals surface area contributed by atoms with Crippen LogP contribution < -0.4 is 10.2 Å². The van der Waals surface area contributed by atoms with Gasteiger partial charge in [0, 0.05) is 44.5 Å². The average molecular weight is 296 g/mol. The normalized spacial score (nSPS) is 16.7. The molecule has 20 heavy (non-hydrogen) atoms. The molecule has 2 heterocycles. The minimum absolute atomic E-state index is 0.151. The summed E-state index contributed by atoms with van der Waals surface area (Å²) >= 11 is 1.50. The highest BCUT2D eigenvalue weighted by Gasteiger charge is 2.23. The van der Waals surface area contributed by atoms with Gasteiger partial charge in [-0.2, -0.15) is 4.37 Å². The number of piperidine rings is 1. The van der Waals surface area contributed by atoms with E-state index in [-0.39, 0.29) is 5.91 Å². The molecule has 0 spiro atoms. The number of carbonyl (C=O) groups is 1. The van der Waals surface area contributed by atoms with Gasteiger partial charge in [0.2, 0.25) is 11.0 Å². The summed E-state index contributed by atoms with van der Waals surface area (Å²) in [5, 5.41) is 3.74. The summed E-state index contributed by atoms with van der Waals surface area (Å²) in [5.74, 6) is 2.22. The number of aromatic nitrogens is 2. The molecule has 1 aliphatic rings. The van der Waals surface area contributed by atoms with Crippen molar-refractivity contribution in [2.75, 3.05) is 25.0 Å². The fourth-order valence-corrected chi connectivity index (χ4v) is 3.26. The van der Waals surface area contributed by atoms with Crippen LogP contribution in [0.15, 0.2) is 0 Å². The molecule has 0 saturated carbocycles. The van der Waals surface area contributed by atoms with Crippen LogP contribution in [0.5, 0.6) is 0 Å². The highest BCUT2D eigenvalue weighted by Crippen LogP contribution is 2.26. The molecular weight excluding hydrogens is 272 g/mol. The van der Waals surface area contributed by atoms with Crippen LogP contribution in [0.1, 0.15) is 38.9 Å². The number of rotatable bonds is 5. The lowest BCUT2D eigenvalue weighted by Crippen LogP contribution is -2.35. The van der Waals surface area contributed by atoms with Gasteiger partial charge in [0.25, 0.3) is 0 Å². The fraction of sp³-hybridized carbons (Fsp3) is 0.786. The summed E-state index contributed by atoms with van der Waals surface area (Å²) in [4.78, 5) is 18.3. The Morgan fingerprint density at radius 3 is 2.75 bits per heavy atom. The van der Waals surface area contributed by atoms with E-state index in [1.807, 2.05) is 0 Å². The second kappa shape index (κ2) is 7.02. The van der Waals surface area contributed by atoms with Crippen molar-refractivity contribution in [2.45, 2.75) is 39.5 Å². The third kappa shape index (κ3) is 4.16. The molecule has 0 unspecified atom stereocenters. The first-order chi connectivity index (χ1) is 9.58. The van der Waals surface area contributed by atoms with Crippen LogP contribution in [0, 0.1) is 11.8 Å². The zero-order valence-corrected chi connectivity index (χ0v) is 13.4. The lowest BCUT2D eigenvalue weighted by molar-refractivity contribution is -0.121. The molecule has 0 atom stereocenters. The van der Waals surface area contributed by atoms with Gasteiger partial charge in [0.1, 0.15) is 5.82 Å². The van der Waals surface area contributed by atoms with Gasteiger partial charge in [-0.3, -0.25) is 4.79 Å². The molecule has 0 bridgehead atoms. The Balaban J connectivity index is 1.84. The molecule has 0 radical (unpaired) electrons. The molecule has 0 aromatic carbocycles. The SMILES string of the molecule is CNC(=O)CC1CCN(c2nc(CC(C)C)ns2)CC1. The van der Waals surface area contributed by atoms with Crippen LogP contribution in [0.2, 0.25) is 0 Å². The Labute approximate surface area is 124 Å². The van der Waals surface area contributed by atoms with Crippen molar-refractivity contribution in [3.05, 3.63) is 5.82 Å². The second-order valence-corrected chi connectivity index (χ2v) is 6.63. The summed E-state index contributed by atoms with van der Waals surface area (Å²) in [7, 11) is 1.70. The Hall–Kier alpha value is -1.17. The van der Waals surface area contributed by atoms with Gasteiger partial charge in [-0.25, -0.2) is 4.98 Å². The first kappa shape index (κ1) is 15.2. The standard InChI is InChI=1S/C14H24N4OS/c1-10(2)8-12-16-14(20-17-12)18-6-4-11(5-7-18)9-13(19)15-3/h10-11H,4-9H2,1-3H3,(H,15,19). The van der Waals surface area contributed by atoms with E-state index in [0.29, 0.717) is 18.3 Å². The summed E-state index contributed by atoms with van der Waals surface area (Å²) in [6.45, 7) is 6.34. The van der Waals surface area contributed by atoms with Gasteiger partial charge in [0.05, 0.1) is 0 Å². The van der Waals surface area contributed by atoms with E-state index in [1.54, 1.807) is 7.05 Å². The number of anilines is 1. The fourth-order valence-electron chi connectivity index (χ4n) is 2.51. The highest BCUT2D eigenvalue weighted by atomic mass is 32.1. The zero-order valence-electron chi connectivity index (χ0n) is 12.6. The van der Waals surface area contributed by atoms with Crippen molar-refractivity contribution in [3.8, 4) is 0 Å². The van der Waals surface area contributed by atoms with Gasteiger partial charge < -0.3 is 10.2 Å². The molecule has 1 aromatic heterocycles. The van der Waals surface area contributed by atoms with Crippen molar-refractivity contribution >= 4 is 22.6 Å².